The summed E-state index contributed by atoms with van der Waals surface area (Å²) >= 11 is 3.21. The van der Waals surface area contributed by atoms with Crippen LogP contribution in [-0.2, 0) is 0 Å². The smallest absolute Gasteiger partial charge is 0.317 e. The van der Waals surface area contributed by atoms with Crippen molar-refractivity contribution in [2.75, 3.05) is 25.4 Å². The molecular formula is C15H22N6OS2. The fourth-order valence-electron chi connectivity index (χ4n) is 2.89. The second-order valence-electron chi connectivity index (χ2n) is 5.93. The van der Waals surface area contributed by atoms with Gasteiger partial charge in [-0.2, -0.15) is 5.10 Å². The third-order valence-corrected chi connectivity index (χ3v) is 5.93. The summed E-state index contributed by atoms with van der Waals surface area (Å²) in [7, 11) is 0. The van der Waals surface area contributed by atoms with Gasteiger partial charge in [0, 0.05) is 31.1 Å². The Morgan fingerprint density at radius 2 is 2.25 bits per heavy atom. The molecule has 130 valence electrons. The van der Waals surface area contributed by atoms with E-state index in [0.717, 1.165) is 46.0 Å². The number of likely N-dealkylation sites (tertiary alicyclic amines) is 1. The molecule has 7 nitrogen and oxygen atoms in total. The van der Waals surface area contributed by atoms with Gasteiger partial charge in [0.05, 0.1) is 11.7 Å². The minimum Gasteiger partial charge on any atom is -0.337 e. The van der Waals surface area contributed by atoms with Crippen LogP contribution in [0.5, 0.6) is 0 Å². The van der Waals surface area contributed by atoms with E-state index in [-0.39, 0.29) is 12.1 Å². The number of amides is 2. The lowest BCUT2D eigenvalue weighted by molar-refractivity contribution is 0.207. The van der Waals surface area contributed by atoms with Gasteiger partial charge >= 0.3 is 6.03 Å². The topological polar surface area (TPSA) is 75.9 Å². The molecule has 1 fully saturated rings. The number of aryl methyl sites for hydroxylation is 3. The van der Waals surface area contributed by atoms with Crippen molar-refractivity contribution in [3.63, 3.8) is 0 Å². The van der Waals surface area contributed by atoms with E-state index in [1.807, 2.05) is 18.7 Å². The number of nitrogens with one attached hydrogen (secondary N) is 1. The number of carbonyl (C=O) groups excluding carboxylic acids is 1. The molecule has 1 N–H and O–H groups in total. The molecule has 1 aliphatic rings. The fraction of sp³-hybridized carbons (Fsp3) is 0.600. The molecule has 0 spiro atoms. The molecular weight excluding hydrogens is 344 g/mol. The Morgan fingerprint density at radius 3 is 2.92 bits per heavy atom. The third kappa shape index (κ3) is 4.07. The van der Waals surface area contributed by atoms with Crippen LogP contribution in [-0.4, -0.2) is 56.3 Å². The first-order valence-electron chi connectivity index (χ1n) is 8.01. The Bertz CT molecular complexity index is 713. The number of thioether (sulfide) groups is 1. The number of carbonyl (C=O) groups is 1. The first-order chi connectivity index (χ1) is 11.5. The monoisotopic (exact) mass is 366 g/mol. The van der Waals surface area contributed by atoms with Crippen LogP contribution in [0.1, 0.15) is 28.9 Å². The lowest BCUT2D eigenvalue weighted by atomic mass is 10.2. The number of aromatic nitrogens is 4. The van der Waals surface area contributed by atoms with Crippen LogP contribution in [0.2, 0.25) is 0 Å². The minimum absolute atomic E-state index is 0.00748. The van der Waals surface area contributed by atoms with Crippen LogP contribution in [0.15, 0.2) is 10.4 Å². The zero-order valence-corrected chi connectivity index (χ0v) is 15.8. The van der Waals surface area contributed by atoms with E-state index in [4.69, 9.17) is 0 Å². The van der Waals surface area contributed by atoms with E-state index >= 15 is 0 Å². The number of nitrogens with zero attached hydrogens (tertiary/aromatic N) is 5. The van der Waals surface area contributed by atoms with Crippen LogP contribution in [0.4, 0.5) is 4.79 Å². The maximum absolute atomic E-state index is 12.3. The minimum atomic E-state index is 0.00748. The molecule has 1 atom stereocenters. The number of hydrogen-bond donors (Lipinski definition) is 1. The van der Waals surface area contributed by atoms with Crippen molar-refractivity contribution < 1.29 is 4.79 Å². The van der Waals surface area contributed by atoms with E-state index < -0.39 is 0 Å². The van der Waals surface area contributed by atoms with Crippen LogP contribution in [0, 0.1) is 20.8 Å². The molecule has 2 aromatic rings. The van der Waals surface area contributed by atoms with Crippen molar-refractivity contribution in [3.8, 4) is 0 Å². The highest BCUT2D eigenvalue weighted by Gasteiger charge is 2.28. The SMILES string of the molecule is Cc1cc(C)n([C@@H]2CCN(C(=O)NCCSc3nnc(C)s3)C2)n1. The molecule has 0 unspecified atom stereocenters. The molecule has 0 aliphatic carbocycles. The zero-order chi connectivity index (χ0) is 17.1. The van der Waals surface area contributed by atoms with Crippen LogP contribution >= 0.6 is 23.1 Å². The average Bonchev–Trinajstić information content (AvgIpc) is 3.24. The molecule has 3 rings (SSSR count). The summed E-state index contributed by atoms with van der Waals surface area (Å²) in [5, 5.41) is 16.5. The fourth-order valence-corrected chi connectivity index (χ4v) is 4.63. The molecule has 0 aromatic carbocycles. The molecule has 2 aromatic heterocycles. The molecule has 0 saturated carbocycles. The Kier molecular flexibility index (Phi) is 5.40. The third-order valence-electron chi connectivity index (χ3n) is 3.95. The van der Waals surface area contributed by atoms with E-state index in [1.165, 1.54) is 0 Å². The molecule has 24 heavy (non-hydrogen) atoms. The summed E-state index contributed by atoms with van der Waals surface area (Å²) in [5.41, 5.74) is 2.18. The maximum atomic E-state index is 12.3. The summed E-state index contributed by atoms with van der Waals surface area (Å²) in [5.74, 6) is 0.801. The zero-order valence-electron chi connectivity index (χ0n) is 14.2. The van der Waals surface area contributed by atoms with Gasteiger partial charge in [-0.05, 0) is 33.3 Å². The summed E-state index contributed by atoms with van der Waals surface area (Å²) in [4.78, 5) is 14.2. The average molecular weight is 367 g/mol. The predicted octanol–water partition coefficient (Wildman–Crippen LogP) is 2.41. The molecule has 2 amide bonds. The van der Waals surface area contributed by atoms with Gasteiger partial charge in [0.1, 0.15) is 5.01 Å². The molecule has 1 saturated heterocycles. The van der Waals surface area contributed by atoms with Gasteiger partial charge < -0.3 is 10.2 Å². The van der Waals surface area contributed by atoms with Crippen molar-refractivity contribution in [1.82, 2.24) is 30.2 Å². The Balaban J connectivity index is 1.42. The standard InChI is InChI=1S/C15H22N6OS2/c1-10-8-11(2)21(19-10)13-4-6-20(9-13)14(22)16-5-7-23-15-18-17-12(3)24-15/h8,13H,4-7,9H2,1-3H3,(H,16,22)/t13-/m1/s1. The quantitative estimate of drug-likeness (QED) is 0.650. The van der Waals surface area contributed by atoms with Gasteiger partial charge in [0.2, 0.25) is 0 Å². The molecule has 9 heteroatoms. The van der Waals surface area contributed by atoms with Gasteiger partial charge in [-0.3, -0.25) is 4.68 Å². The lowest BCUT2D eigenvalue weighted by Crippen LogP contribution is -2.39. The van der Waals surface area contributed by atoms with E-state index in [1.54, 1.807) is 23.1 Å². The van der Waals surface area contributed by atoms with Gasteiger partial charge in [-0.15, -0.1) is 10.2 Å². The second kappa shape index (κ2) is 7.52. The Labute approximate surface area is 149 Å². The second-order valence-corrected chi connectivity index (χ2v) is 8.45. The predicted molar refractivity (Wildman–Crippen MR) is 95.7 cm³/mol. The highest BCUT2D eigenvalue weighted by atomic mass is 32.2. The van der Waals surface area contributed by atoms with Gasteiger partial charge in [-0.1, -0.05) is 23.1 Å². The summed E-state index contributed by atoms with van der Waals surface area (Å²) in [6.07, 6.45) is 0.953. The van der Waals surface area contributed by atoms with Crippen molar-refractivity contribution >= 4 is 29.1 Å². The van der Waals surface area contributed by atoms with E-state index in [9.17, 15) is 4.79 Å². The molecule has 0 bridgehead atoms. The highest BCUT2D eigenvalue weighted by Crippen LogP contribution is 2.23. The first kappa shape index (κ1) is 17.2. The van der Waals surface area contributed by atoms with Gasteiger partial charge in [0.25, 0.3) is 0 Å². The summed E-state index contributed by atoms with van der Waals surface area (Å²) in [6.45, 7) is 8.13. The highest BCUT2D eigenvalue weighted by molar-refractivity contribution is 8.01. The largest absolute Gasteiger partial charge is 0.337 e. The first-order valence-corrected chi connectivity index (χ1v) is 9.81. The van der Waals surface area contributed by atoms with Crippen LogP contribution in [0.25, 0.3) is 0 Å². The summed E-state index contributed by atoms with van der Waals surface area (Å²) in [6, 6.07) is 2.37. The lowest BCUT2D eigenvalue weighted by Gasteiger charge is -2.18. The molecule has 0 radical (unpaired) electrons. The molecule has 3 heterocycles. The normalized spacial score (nSPS) is 17.5. The van der Waals surface area contributed by atoms with Crippen molar-refractivity contribution in [2.24, 2.45) is 0 Å². The van der Waals surface area contributed by atoms with E-state index in [2.05, 4.69) is 38.3 Å². The number of rotatable bonds is 5. The van der Waals surface area contributed by atoms with Crippen molar-refractivity contribution in [3.05, 3.63) is 22.5 Å². The Morgan fingerprint density at radius 1 is 1.42 bits per heavy atom. The van der Waals surface area contributed by atoms with Gasteiger partial charge in [-0.25, -0.2) is 4.79 Å². The van der Waals surface area contributed by atoms with E-state index in [0.29, 0.717) is 6.54 Å². The molecule has 1 aliphatic heterocycles. The number of hydrogen-bond acceptors (Lipinski definition) is 6. The Hall–Kier alpha value is -1.61. The van der Waals surface area contributed by atoms with Crippen LogP contribution < -0.4 is 5.32 Å². The van der Waals surface area contributed by atoms with Crippen molar-refractivity contribution in [2.45, 2.75) is 37.6 Å². The van der Waals surface area contributed by atoms with Gasteiger partial charge in [0.15, 0.2) is 4.34 Å². The maximum Gasteiger partial charge on any atom is 0.317 e. The van der Waals surface area contributed by atoms with Crippen molar-refractivity contribution in [1.29, 1.82) is 0 Å². The summed E-state index contributed by atoms with van der Waals surface area (Å²) < 4.78 is 3.00. The van der Waals surface area contributed by atoms with Crippen LogP contribution in [0.3, 0.4) is 0 Å². The number of urea groups is 1.